The molecule has 0 atom stereocenters. The predicted octanol–water partition coefficient (Wildman–Crippen LogP) is 5.78. The fourth-order valence-corrected chi connectivity index (χ4v) is 3.73. The largest absolute Gasteiger partial charge is 0.573 e. The molecule has 2 aromatic rings. The maximum Gasteiger partial charge on any atom is 0.573 e. The van der Waals surface area contributed by atoms with Crippen molar-refractivity contribution in [3.8, 4) is 11.5 Å². The van der Waals surface area contributed by atoms with Crippen LogP contribution in [-0.2, 0) is 4.79 Å². The highest BCUT2D eigenvalue weighted by Crippen LogP contribution is 2.31. The van der Waals surface area contributed by atoms with Gasteiger partial charge in [0, 0.05) is 12.8 Å². The number of carbonyl (C=O) groups excluding carboxylic acids is 1. The fourth-order valence-electron chi connectivity index (χ4n) is 3.73. The summed E-state index contributed by atoms with van der Waals surface area (Å²) in [6.07, 6.45) is -3.35. The molecule has 0 unspecified atom stereocenters. The highest BCUT2D eigenvalue weighted by molar-refractivity contribution is 6.03. The molecule has 1 aliphatic heterocycles. The minimum absolute atomic E-state index is 0.0908. The van der Waals surface area contributed by atoms with Crippen molar-refractivity contribution < 1.29 is 27.4 Å². The first-order valence-corrected chi connectivity index (χ1v) is 10.4. The molecule has 1 heterocycles. The maximum atomic E-state index is 12.8. The van der Waals surface area contributed by atoms with Gasteiger partial charge in [-0.2, -0.15) is 5.10 Å². The van der Waals surface area contributed by atoms with Gasteiger partial charge in [0.05, 0.1) is 17.9 Å². The Morgan fingerprint density at radius 2 is 1.66 bits per heavy atom. The van der Waals surface area contributed by atoms with E-state index < -0.39 is 11.9 Å². The number of halogens is 3. The Balaban J connectivity index is 1.53. The van der Waals surface area contributed by atoms with Crippen LogP contribution in [-0.4, -0.2) is 35.1 Å². The zero-order valence-electron chi connectivity index (χ0n) is 18.6. The highest BCUT2D eigenvalue weighted by atomic mass is 19.4. The molecular formula is C24H27F3N2O3. The van der Waals surface area contributed by atoms with Gasteiger partial charge in [-0.15, -0.1) is 13.2 Å². The van der Waals surface area contributed by atoms with E-state index in [0.29, 0.717) is 18.6 Å². The topological polar surface area (TPSA) is 51.1 Å². The lowest BCUT2D eigenvalue weighted by molar-refractivity contribution is -0.274. The van der Waals surface area contributed by atoms with Gasteiger partial charge in [-0.25, -0.2) is 5.01 Å². The molecule has 0 N–H and O–H groups in total. The molecule has 0 saturated carbocycles. The molecule has 172 valence electrons. The van der Waals surface area contributed by atoms with Crippen molar-refractivity contribution in [3.63, 3.8) is 0 Å². The summed E-state index contributed by atoms with van der Waals surface area (Å²) >= 11 is 0. The van der Waals surface area contributed by atoms with E-state index in [2.05, 4.69) is 28.0 Å². The van der Waals surface area contributed by atoms with E-state index in [0.717, 1.165) is 22.4 Å². The second kappa shape index (κ2) is 9.22. The average Bonchev–Trinajstić information content (AvgIpc) is 3.00. The third-order valence-electron chi connectivity index (χ3n) is 5.05. The third-order valence-corrected chi connectivity index (χ3v) is 5.05. The van der Waals surface area contributed by atoms with Gasteiger partial charge >= 0.3 is 6.36 Å². The third kappa shape index (κ3) is 6.24. The number of hydrogen-bond acceptors (Lipinski definition) is 4. The van der Waals surface area contributed by atoms with Crippen molar-refractivity contribution in [2.45, 2.75) is 58.9 Å². The van der Waals surface area contributed by atoms with Gasteiger partial charge < -0.3 is 9.47 Å². The summed E-state index contributed by atoms with van der Waals surface area (Å²) < 4.78 is 46.0. The van der Waals surface area contributed by atoms with Gasteiger partial charge in [-0.05, 0) is 63.9 Å². The molecular weight excluding hydrogens is 421 g/mol. The average molecular weight is 448 g/mol. The molecule has 5 nitrogen and oxygen atoms in total. The Labute approximate surface area is 185 Å². The molecule has 8 heteroatoms. The lowest BCUT2D eigenvalue weighted by Crippen LogP contribution is -2.40. The van der Waals surface area contributed by atoms with Crippen LogP contribution >= 0.6 is 0 Å². The summed E-state index contributed by atoms with van der Waals surface area (Å²) in [6.45, 7) is 8.32. The molecule has 0 aromatic heterocycles. The van der Waals surface area contributed by atoms with Gasteiger partial charge in [0.2, 0.25) is 5.91 Å². The van der Waals surface area contributed by atoms with Gasteiger partial charge in [-0.1, -0.05) is 29.3 Å². The Morgan fingerprint density at radius 1 is 1.06 bits per heavy atom. The summed E-state index contributed by atoms with van der Waals surface area (Å²) in [6, 6.07) is 11.4. The van der Waals surface area contributed by atoms with Crippen LogP contribution in [0.5, 0.6) is 11.5 Å². The van der Waals surface area contributed by atoms with Crippen LogP contribution < -0.4 is 9.47 Å². The summed E-state index contributed by atoms with van der Waals surface area (Å²) in [7, 11) is 0. The van der Waals surface area contributed by atoms with Crippen LogP contribution in [0.2, 0.25) is 0 Å². The van der Waals surface area contributed by atoms with Crippen molar-refractivity contribution in [3.05, 3.63) is 59.2 Å². The smallest absolute Gasteiger partial charge is 0.494 e. The molecule has 3 rings (SSSR count). The number of carbonyl (C=O) groups is 1. The number of hydrazone groups is 1. The SMILES string of the molecule is Cc1cc(C)cc(C2=NN(C(=O)CCCOc3ccc(OC(F)(F)F)cc3)C(C)(C)C2)c1. The second-order valence-corrected chi connectivity index (χ2v) is 8.59. The lowest BCUT2D eigenvalue weighted by atomic mass is 9.93. The Hall–Kier alpha value is -3.03. The number of benzene rings is 2. The standard InChI is InChI=1S/C24H27F3N2O3/c1-16-12-17(2)14-18(13-16)21-15-23(3,4)29(28-21)22(30)6-5-11-31-19-7-9-20(10-8-19)32-24(25,26)27/h7-10,12-14H,5-6,11,15H2,1-4H3. The molecule has 0 fully saturated rings. The van der Waals surface area contributed by atoms with Gasteiger partial charge in [0.1, 0.15) is 11.5 Å². The lowest BCUT2D eigenvalue weighted by Gasteiger charge is -2.28. The normalized spacial score (nSPS) is 15.5. The van der Waals surface area contributed by atoms with E-state index >= 15 is 0 Å². The molecule has 0 spiro atoms. The van der Waals surface area contributed by atoms with Crippen molar-refractivity contribution in [2.75, 3.05) is 6.61 Å². The highest BCUT2D eigenvalue weighted by Gasteiger charge is 2.38. The second-order valence-electron chi connectivity index (χ2n) is 8.59. The molecule has 1 amide bonds. The maximum absolute atomic E-state index is 12.8. The van der Waals surface area contributed by atoms with E-state index in [4.69, 9.17) is 4.74 Å². The first-order valence-electron chi connectivity index (χ1n) is 10.4. The first kappa shape index (κ1) is 23.6. The molecule has 1 aliphatic rings. The fraction of sp³-hybridized carbons (Fsp3) is 0.417. The van der Waals surface area contributed by atoms with E-state index in [1.54, 1.807) is 5.01 Å². The number of amides is 1. The Morgan fingerprint density at radius 3 is 2.25 bits per heavy atom. The van der Waals surface area contributed by atoms with E-state index in [1.165, 1.54) is 24.3 Å². The van der Waals surface area contributed by atoms with Crippen molar-refractivity contribution in [2.24, 2.45) is 5.10 Å². The molecule has 32 heavy (non-hydrogen) atoms. The van der Waals surface area contributed by atoms with E-state index in [9.17, 15) is 18.0 Å². The first-order chi connectivity index (χ1) is 14.9. The van der Waals surface area contributed by atoms with Gasteiger partial charge in [0.25, 0.3) is 0 Å². The minimum Gasteiger partial charge on any atom is -0.494 e. The van der Waals surface area contributed by atoms with Crippen LogP contribution in [0.1, 0.15) is 49.8 Å². The Bertz CT molecular complexity index is 978. The number of hydrogen-bond donors (Lipinski definition) is 0. The summed E-state index contributed by atoms with van der Waals surface area (Å²) in [5, 5.41) is 6.18. The quantitative estimate of drug-likeness (QED) is 0.505. The van der Waals surface area contributed by atoms with Crippen LogP contribution in [0.3, 0.4) is 0 Å². The molecule has 0 radical (unpaired) electrons. The number of aryl methyl sites for hydroxylation is 2. The molecule has 2 aromatic carbocycles. The van der Waals surface area contributed by atoms with Crippen LogP contribution in [0.4, 0.5) is 13.2 Å². The predicted molar refractivity (Wildman–Crippen MR) is 116 cm³/mol. The van der Waals surface area contributed by atoms with Crippen molar-refractivity contribution >= 4 is 11.6 Å². The zero-order chi connectivity index (χ0) is 23.5. The zero-order valence-corrected chi connectivity index (χ0v) is 18.6. The van der Waals surface area contributed by atoms with E-state index in [1.807, 2.05) is 27.7 Å². The summed E-state index contributed by atoms with van der Waals surface area (Å²) in [5.74, 6) is 0.00395. The van der Waals surface area contributed by atoms with Crippen LogP contribution in [0, 0.1) is 13.8 Å². The number of nitrogens with zero attached hydrogens (tertiary/aromatic N) is 2. The van der Waals surface area contributed by atoms with Crippen molar-refractivity contribution in [1.29, 1.82) is 0 Å². The number of alkyl halides is 3. The number of rotatable bonds is 7. The van der Waals surface area contributed by atoms with Gasteiger partial charge in [-0.3, -0.25) is 4.79 Å². The Kier molecular flexibility index (Phi) is 6.81. The van der Waals surface area contributed by atoms with Crippen LogP contribution in [0.25, 0.3) is 0 Å². The molecule has 0 saturated heterocycles. The molecule has 0 bridgehead atoms. The summed E-state index contributed by atoms with van der Waals surface area (Å²) in [4.78, 5) is 12.8. The minimum atomic E-state index is -4.73. The molecule has 0 aliphatic carbocycles. The summed E-state index contributed by atoms with van der Waals surface area (Å²) in [5.41, 5.74) is 3.82. The van der Waals surface area contributed by atoms with Crippen molar-refractivity contribution in [1.82, 2.24) is 5.01 Å². The van der Waals surface area contributed by atoms with E-state index in [-0.39, 0.29) is 24.7 Å². The van der Waals surface area contributed by atoms with Crippen LogP contribution in [0.15, 0.2) is 47.6 Å². The monoisotopic (exact) mass is 448 g/mol. The number of ether oxygens (including phenoxy) is 2. The van der Waals surface area contributed by atoms with Gasteiger partial charge in [0.15, 0.2) is 0 Å².